The minimum Gasteiger partial charge on any atom is -0.373 e. The molecule has 1 N–H and O–H groups in total. The Balaban J connectivity index is 1.07. The van der Waals surface area contributed by atoms with Crippen LogP contribution in [0.1, 0.15) is 23.7 Å². The average molecular weight is 526 g/mol. The molecule has 0 spiro atoms. The van der Waals surface area contributed by atoms with Gasteiger partial charge >= 0.3 is 0 Å². The van der Waals surface area contributed by atoms with Crippen molar-refractivity contribution < 1.29 is 9.47 Å². The number of ether oxygens (including phenoxy) is 2. The number of nitriles is 1. The number of hydrogen-bond acceptors (Lipinski definition) is 9. The third kappa shape index (κ3) is 4.72. The van der Waals surface area contributed by atoms with Gasteiger partial charge in [-0.25, -0.2) is 4.98 Å². The number of likely N-dealkylation sites (tertiary alicyclic amines) is 1. The first-order valence-corrected chi connectivity index (χ1v) is 14.1. The summed E-state index contributed by atoms with van der Waals surface area (Å²) in [5, 5.41) is 14.0. The predicted molar refractivity (Wildman–Crippen MR) is 150 cm³/mol. The zero-order valence-electron chi connectivity index (χ0n) is 22.4. The zero-order chi connectivity index (χ0) is 26.3. The molecule has 0 bridgehead atoms. The van der Waals surface area contributed by atoms with Gasteiger partial charge in [-0.05, 0) is 42.8 Å². The zero-order valence-corrected chi connectivity index (χ0v) is 22.4. The molecule has 202 valence electrons. The molecule has 39 heavy (non-hydrogen) atoms. The van der Waals surface area contributed by atoms with E-state index in [1.165, 1.54) is 11.3 Å². The van der Waals surface area contributed by atoms with Crippen LogP contribution in [-0.2, 0) is 22.4 Å². The van der Waals surface area contributed by atoms with Gasteiger partial charge in [-0.3, -0.25) is 9.88 Å². The first kappa shape index (κ1) is 24.7. The smallest absolute Gasteiger partial charge is 0.129 e. The van der Waals surface area contributed by atoms with Crippen molar-refractivity contribution in [1.82, 2.24) is 20.2 Å². The summed E-state index contributed by atoms with van der Waals surface area (Å²) in [4.78, 5) is 17.0. The molecule has 2 aromatic heterocycles. The van der Waals surface area contributed by atoms with Gasteiger partial charge in [-0.15, -0.1) is 0 Å². The summed E-state index contributed by atoms with van der Waals surface area (Å²) in [6.45, 7) is 10.0. The minimum absolute atomic E-state index is 0.0825. The minimum atomic E-state index is 0.0825. The maximum absolute atomic E-state index is 9.56. The van der Waals surface area contributed by atoms with Gasteiger partial charge in [0, 0.05) is 81.7 Å². The number of morpholine rings is 2. The molecule has 3 saturated heterocycles. The molecule has 1 aromatic carbocycles. The molecule has 1 unspecified atom stereocenters. The van der Waals surface area contributed by atoms with Crippen LogP contribution in [0.4, 0.5) is 11.5 Å². The molecule has 3 fully saturated rings. The van der Waals surface area contributed by atoms with Crippen LogP contribution < -0.4 is 15.1 Å². The second-order valence-corrected chi connectivity index (χ2v) is 11.2. The van der Waals surface area contributed by atoms with Gasteiger partial charge in [0.2, 0.25) is 0 Å². The standard InChI is InChI=1S/C30H35N7O2/c1-20-15-36(26-6-4-21(13-31)30-24(26)3-2-9-33-30)17-23(39-20)16-35-18-27-28(19-35)38-12-11-37(27)29-7-5-22-14-32-10-8-25(22)34-29/h2-7,9,20,23,27-28,32H,8,10-12,14-19H2,1H3/t20-,23+,27?,28-/m1/s1. The second kappa shape index (κ2) is 10.4. The third-order valence-corrected chi connectivity index (χ3v) is 8.57. The highest BCUT2D eigenvalue weighted by molar-refractivity contribution is 5.95. The average Bonchev–Trinajstić information content (AvgIpc) is 3.38. The number of nitrogens with zero attached hydrogens (tertiary/aromatic N) is 6. The van der Waals surface area contributed by atoms with Gasteiger partial charge in [-0.2, -0.15) is 5.26 Å². The molecule has 7 rings (SSSR count). The molecular weight excluding hydrogens is 490 g/mol. The fraction of sp³-hybridized carbons (Fsp3) is 0.500. The lowest BCUT2D eigenvalue weighted by atomic mass is 10.1. The van der Waals surface area contributed by atoms with E-state index >= 15 is 0 Å². The predicted octanol–water partition coefficient (Wildman–Crippen LogP) is 2.33. The Bertz CT molecular complexity index is 1410. The van der Waals surface area contributed by atoms with Gasteiger partial charge < -0.3 is 24.6 Å². The van der Waals surface area contributed by atoms with E-state index in [2.05, 4.69) is 62.3 Å². The Kier molecular flexibility index (Phi) is 6.57. The number of nitrogens with one attached hydrogen (secondary N) is 1. The lowest BCUT2D eigenvalue weighted by Gasteiger charge is -2.40. The van der Waals surface area contributed by atoms with Gasteiger partial charge in [0.1, 0.15) is 11.9 Å². The third-order valence-electron chi connectivity index (χ3n) is 8.57. The number of hydrogen-bond donors (Lipinski definition) is 1. The van der Waals surface area contributed by atoms with Crippen LogP contribution in [0.3, 0.4) is 0 Å². The Labute approximate surface area is 229 Å². The van der Waals surface area contributed by atoms with Crippen LogP contribution in [0.25, 0.3) is 10.9 Å². The fourth-order valence-electron chi connectivity index (χ4n) is 6.84. The summed E-state index contributed by atoms with van der Waals surface area (Å²) in [6.07, 6.45) is 3.12. The van der Waals surface area contributed by atoms with E-state index in [1.807, 2.05) is 12.1 Å². The highest BCUT2D eigenvalue weighted by atomic mass is 16.5. The molecule has 3 aromatic rings. The van der Waals surface area contributed by atoms with Crippen LogP contribution in [0, 0.1) is 11.3 Å². The van der Waals surface area contributed by atoms with Crippen molar-refractivity contribution in [2.45, 2.75) is 44.2 Å². The molecule has 4 aliphatic rings. The first-order chi connectivity index (χ1) is 19.2. The van der Waals surface area contributed by atoms with E-state index in [-0.39, 0.29) is 18.3 Å². The van der Waals surface area contributed by atoms with E-state index < -0.39 is 0 Å². The Hall–Kier alpha value is -3.29. The van der Waals surface area contributed by atoms with Crippen molar-refractivity contribution >= 4 is 22.4 Å². The van der Waals surface area contributed by atoms with Crippen LogP contribution in [0.5, 0.6) is 0 Å². The monoisotopic (exact) mass is 525 g/mol. The topological polar surface area (TPSA) is 89.8 Å². The Morgan fingerprint density at radius 1 is 1.13 bits per heavy atom. The Morgan fingerprint density at radius 3 is 3.00 bits per heavy atom. The summed E-state index contributed by atoms with van der Waals surface area (Å²) in [6, 6.07) is 15.0. The van der Waals surface area contributed by atoms with Crippen LogP contribution in [-0.4, -0.2) is 91.6 Å². The summed E-state index contributed by atoms with van der Waals surface area (Å²) in [7, 11) is 0. The van der Waals surface area contributed by atoms with E-state index in [9.17, 15) is 5.26 Å². The molecular formula is C30H35N7O2. The van der Waals surface area contributed by atoms with Crippen LogP contribution in [0.2, 0.25) is 0 Å². The van der Waals surface area contributed by atoms with Crippen molar-refractivity contribution in [3.63, 3.8) is 0 Å². The molecule has 0 radical (unpaired) electrons. The van der Waals surface area contributed by atoms with E-state index in [4.69, 9.17) is 14.5 Å². The lowest BCUT2D eigenvalue weighted by molar-refractivity contribution is -0.0317. The maximum atomic E-state index is 9.56. The first-order valence-electron chi connectivity index (χ1n) is 14.1. The van der Waals surface area contributed by atoms with Crippen molar-refractivity contribution in [1.29, 1.82) is 5.26 Å². The van der Waals surface area contributed by atoms with Crippen molar-refractivity contribution in [3.05, 3.63) is 59.4 Å². The molecule has 9 heteroatoms. The van der Waals surface area contributed by atoms with Gasteiger partial charge in [0.15, 0.2) is 0 Å². The normalized spacial score (nSPS) is 27.3. The fourth-order valence-corrected chi connectivity index (χ4v) is 6.84. The van der Waals surface area contributed by atoms with E-state index in [1.54, 1.807) is 6.20 Å². The summed E-state index contributed by atoms with van der Waals surface area (Å²) >= 11 is 0. The highest BCUT2D eigenvalue weighted by Gasteiger charge is 2.42. The molecule has 0 aliphatic carbocycles. The second-order valence-electron chi connectivity index (χ2n) is 11.2. The van der Waals surface area contributed by atoms with Gasteiger partial charge in [0.05, 0.1) is 42.0 Å². The summed E-state index contributed by atoms with van der Waals surface area (Å²) in [5.74, 6) is 1.09. The molecule has 0 saturated carbocycles. The van der Waals surface area contributed by atoms with Crippen molar-refractivity contribution in [3.8, 4) is 6.07 Å². The van der Waals surface area contributed by atoms with Crippen molar-refractivity contribution in [2.24, 2.45) is 0 Å². The number of fused-ring (bicyclic) bond motifs is 3. The number of aromatic nitrogens is 2. The number of anilines is 2. The molecule has 4 aliphatic heterocycles. The maximum Gasteiger partial charge on any atom is 0.129 e. The van der Waals surface area contributed by atoms with Crippen molar-refractivity contribution in [2.75, 3.05) is 62.2 Å². The summed E-state index contributed by atoms with van der Waals surface area (Å²) in [5.41, 5.74) is 5.05. The van der Waals surface area contributed by atoms with E-state index in [0.717, 1.165) is 87.8 Å². The van der Waals surface area contributed by atoms with E-state index in [0.29, 0.717) is 11.6 Å². The highest BCUT2D eigenvalue weighted by Crippen LogP contribution is 2.32. The lowest BCUT2D eigenvalue weighted by Crippen LogP contribution is -2.52. The number of rotatable bonds is 4. The van der Waals surface area contributed by atoms with Crippen LogP contribution in [0.15, 0.2) is 42.6 Å². The SMILES string of the molecule is C[C@@H]1CN(c2ccc(C#N)c3ncccc23)C[C@H](CN2CC3[C@@H](C2)OCCN3c2ccc3c(n2)CCNC3)O1. The Morgan fingerprint density at radius 2 is 2.08 bits per heavy atom. The van der Waals surface area contributed by atoms with Gasteiger partial charge in [-0.1, -0.05) is 6.07 Å². The molecule has 9 nitrogen and oxygen atoms in total. The number of pyridine rings is 2. The molecule has 4 atom stereocenters. The van der Waals surface area contributed by atoms with Gasteiger partial charge in [0.25, 0.3) is 0 Å². The quantitative estimate of drug-likeness (QED) is 0.551. The number of benzene rings is 1. The molecule has 0 amide bonds. The molecule has 6 heterocycles. The summed E-state index contributed by atoms with van der Waals surface area (Å²) < 4.78 is 12.7. The largest absolute Gasteiger partial charge is 0.373 e. The van der Waals surface area contributed by atoms with Crippen LogP contribution >= 0.6 is 0 Å².